The zero-order valence-corrected chi connectivity index (χ0v) is 12.0. The van der Waals surface area contributed by atoms with Gasteiger partial charge in [-0.15, -0.1) is 11.3 Å². The van der Waals surface area contributed by atoms with Gasteiger partial charge in [0.15, 0.2) is 0 Å². The Morgan fingerprint density at radius 3 is 2.95 bits per heavy atom. The van der Waals surface area contributed by atoms with Crippen molar-refractivity contribution in [1.29, 1.82) is 0 Å². The van der Waals surface area contributed by atoms with Crippen LogP contribution < -0.4 is 0 Å². The Labute approximate surface area is 117 Å². The minimum absolute atomic E-state index is 0.493. The molecule has 2 nitrogen and oxygen atoms in total. The molecule has 2 atom stereocenters. The van der Waals surface area contributed by atoms with E-state index in [4.69, 9.17) is 0 Å². The van der Waals surface area contributed by atoms with Crippen molar-refractivity contribution >= 4 is 21.4 Å². The van der Waals surface area contributed by atoms with Gasteiger partial charge in [0, 0.05) is 28.9 Å². The molecule has 1 aliphatic heterocycles. The van der Waals surface area contributed by atoms with E-state index >= 15 is 0 Å². The van der Waals surface area contributed by atoms with Gasteiger partial charge in [0.2, 0.25) is 0 Å². The second-order valence-corrected chi connectivity index (χ2v) is 7.05. The smallest absolute Gasteiger partial charge is 0.105 e. The van der Waals surface area contributed by atoms with Gasteiger partial charge < -0.3 is 5.11 Å². The summed E-state index contributed by atoms with van der Waals surface area (Å²) in [5.74, 6) is 0. The number of hydrogen-bond acceptors (Lipinski definition) is 3. The Bertz CT molecular complexity index is 618. The molecule has 2 aromatic rings. The van der Waals surface area contributed by atoms with Crippen molar-refractivity contribution in [1.82, 2.24) is 4.90 Å². The lowest BCUT2D eigenvalue weighted by Crippen LogP contribution is -2.33. The maximum absolute atomic E-state index is 11.2. The van der Waals surface area contributed by atoms with Gasteiger partial charge in [0.05, 0.1) is 0 Å². The number of rotatable bonds is 2. The number of likely N-dealkylation sites (tertiary alicyclic amines) is 1. The molecule has 2 fully saturated rings. The zero-order valence-electron chi connectivity index (χ0n) is 11.2. The fraction of sp³-hybridized carbons (Fsp3) is 0.500. The number of thiophene rings is 1. The number of nitrogens with zero attached hydrogens (tertiary/aromatic N) is 1. The average Bonchev–Trinajstić information content (AvgIpc) is 3.03. The van der Waals surface area contributed by atoms with E-state index in [1.54, 1.807) is 11.3 Å². The van der Waals surface area contributed by atoms with Gasteiger partial charge in [-0.25, -0.2) is 0 Å². The van der Waals surface area contributed by atoms with Gasteiger partial charge in [-0.3, -0.25) is 4.90 Å². The SMILES string of the molecule is CC1CC(O)(c2cccc3ccsc23)CN1C1CC1. The van der Waals surface area contributed by atoms with E-state index < -0.39 is 5.60 Å². The molecule has 1 saturated heterocycles. The molecular formula is C16H19NOS. The lowest BCUT2D eigenvalue weighted by Gasteiger charge is -2.24. The minimum Gasteiger partial charge on any atom is -0.384 e. The van der Waals surface area contributed by atoms with Crippen molar-refractivity contribution < 1.29 is 5.11 Å². The Hall–Kier alpha value is -0.900. The molecule has 0 spiro atoms. The third-order valence-corrected chi connectivity index (χ3v) is 5.60. The van der Waals surface area contributed by atoms with Gasteiger partial charge in [-0.1, -0.05) is 18.2 Å². The summed E-state index contributed by atoms with van der Waals surface area (Å²) >= 11 is 1.75. The van der Waals surface area contributed by atoms with E-state index in [1.165, 1.54) is 22.9 Å². The van der Waals surface area contributed by atoms with E-state index in [0.717, 1.165) is 24.6 Å². The Morgan fingerprint density at radius 1 is 1.32 bits per heavy atom. The molecule has 1 N–H and O–H groups in total. The third kappa shape index (κ3) is 1.83. The van der Waals surface area contributed by atoms with Crippen molar-refractivity contribution in [3.05, 3.63) is 35.2 Å². The van der Waals surface area contributed by atoms with E-state index in [2.05, 4.69) is 41.5 Å². The highest BCUT2D eigenvalue weighted by Gasteiger charge is 2.47. The first-order valence-corrected chi connectivity index (χ1v) is 8.00. The van der Waals surface area contributed by atoms with Gasteiger partial charge >= 0.3 is 0 Å². The number of aliphatic hydroxyl groups is 1. The Balaban J connectivity index is 1.76. The summed E-state index contributed by atoms with van der Waals surface area (Å²) < 4.78 is 1.26. The van der Waals surface area contributed by atoms with E-state index in [9.17, 15) is 5.11 Å². The molecule has 1 aliphatic carbocycles. The second-order valence-electron chi connectivity index (χ2n) is 6.13. The number of β-amino-alcohol motifs (C(OH)–C–C–N with tert-alkyl or cyclic N) is 1. The second kappa shape index (κ2) is 4.05. The summed E-state index contributed by atoms with van der Waals surface area (Å²) in [5.41, 5.74) is 0.474. The Kier molecular flexibility index (Phi) is 2.53. The van der Waals surface area contributed by atoms with Gasteiger partial charge in [-0.05, 0) is 43.0 Å². The molecule has 2 heterocycles. The van der Waals surface area contributed by atoms with E-state index in [1.807, 2.05) is 0 Å². The molecule has 1 aromatic heterocycles. The summed E-state index contributed by atoms with van der Waals surface area (Å²) in [6, 6.07) is 9.69. The van der Waals surface area contributed by atoms with Crippen molar-refractivity contribution in [3.8, 4) is 0 Å². The van der Waals surface area contributed by atoms with Crippen LogP contribution in [0.25, 0.3) is 10.1 Å². The molecule has 3 heteroatoms. The fourth-order valence-corrected chi connectivity index (χ4v) is 4.59. The van der Waals surface area contributed by atoms with E-state index in [-0.39, 0.29) is 0 Å². The van der Waals surface area contributed by atoms with Crippen LogP contribution in [0.5, 0.6) is 0 Å². The monoisotopic (exact) mass is 273 g/mol. The quantitative estimate of drug-likeness (QED) is 0.907. The van der Waals surface area contributed by atoms with Crippen LogP contribution in [-0.2, 0) is 5.60 Å². The van der Waals surface area contributed by atoms with E-state index in [0.29, 0.717) is 6.04 Å². The Morgan fingerprint density at radius 2 is 2.16 bits per heavy atom. The maximum Gasteiger partial charge on any atom is 0.105 e. The summed E-state index contributed by atoms with van der Waals surface area (Å²) in [5, 5.41) is 14.5. The first-order valence-electron chi connectivity index (χ1n) is 7.12. The fourth-order valence-electron chi connectivity index (χ4n) is 3.58. The lowest BCUT2D eigenvalue weighted by molar-refractivity contribution is 0.0468. The highest BCUT2D eigenvalue weighted by molar-refractivity contribution is 7.17. The molecule has 2 aliphatic rings. The molecule has 0 radical (unpaired) electrons. The predicted molar refractivity (Wildman–Crippen MR) is 79.5 cm³/mol. The zero-order chi connectivity index (χ0) is 13.0. The largest absolute Gasteiger partial charge is 0.384 e. The van der Waals surface area contributed by atoms with Crippen LogP contribution in [0.3, 0.4) is 0 Å². The predicted octanol–water partition coefficient (Wildman–Crippen LogP) is 3.35. The molecular weight excluding hydrogens is 254 g/mol. The van der Waals surface area contributed by atoms with Crippen LogP contribution in [0.1, 0.15) is 31.7 Å². The number of benzene rings is 1. The molecule has 2 unspecified atom stereocenters. The summed E-state index contributed by atoms with van der Waals surface area (Å²) in [6.07, 6.45) is 3.48. The molecule has 0 bridgehead atoms. The van der Waals surface area contributed by atoms with Crippen molar-refractivity contribution in [2.75, 3.05) is 6.54 Å². The molecule has 0 amide bonds. The summed E-state index contributed by atoms with van der Waals surface area (Å²) in [4.78, 5) is 2.51. The molecule has 100 valence electrons. The van der Waals surface area contributed by atoms with Crippen molar-refractivity contribution in [2.45, 2.75) is 43.9 Å². The first kappa shape index (κ1) is 11.9. The van der Waals surface area contributed by atoms with Crippen LogP contribution in [0, 0.1) is 0 Å². The molecule has 1 saturated carbocycles. The van der Waals surface area contributed by atoms with Crippen LogP contribution >= 0.6 is 11.3 Å². The maximum atomic E-state index is 11.2. The minimum atomic E-state index is -0.660. The summed E-state index contributed by atoms with van der Waals surface area (Å²) in [6.45, 7) is 3.06. The summed E-state index contributed by atoms with van der Waals surface area (Å²) in [7, 11) is 0. The average molecular weight is 273 g/mol. The topological polar surface area (TPSA) is 23.5 Å². The van der Waals surface area contributed by atoms with Crippen LogP contribution in [0.2, 0.25) is 0 Å². The molecule has 19 heavy (non-hydrogen) atoms. The van der Waals surface area contributed by atoms with Gasteiger partial charge in [0.1, 0.15) is 5.60 Å². The lowest BCUT2D eigenvalue weighted by atomic mass is 9.91. The van der Waals surface area contributed by atoms with Gasteiger partial charge in [-0.2, -0.15) is 0 Å². The number of fused-ring (bicyclic) bond motifs is 1. The van der Waals surface area contributed by atoms with Gasteiger partial charge in [0.25, 0.3) is 0 Å². The van der Waals surface area contributed by atoms with Crippen LogP contribution in [0.15, 0.2) is 29.6 Å². The highest BCUT2D eigenvalue weighted by Crippen LogP contribution is 2.44. The standard InChI is InChI=1S/C16H19NOS/c1-11-9-16(18,10-17(11)13-5-6-13)14-4-2-3-12-7-8-19-15(12)14/h2-4,7-8,11,13,18H,5-6,9-10H2,1H3. The van der Waals surface area contributed by atoms with Crippen molar-refractivity contribution in [2.24, 2.45) is 0 Å². The number of hydrogen-bond donors (Lipinski definition) is 1. The van der Waals surface area contributed by atoms with Crippen molar-refractivity contribution in [3.63, 3.8) is 0 Å². The first-order chi connectivity index (χ1) is 9.17. The van der Waals surface area contributed by atoms with Crippen LogP contribution in [-0.4, -0.2) is 28.6 Å². The van der Waals surface area contributed by atoms with Crippen LogP contribution in [0.4, 0.5) is 0 Å². The third-order valence-electron chi connectivity index (χ3n) is 4.64. The molecule has 1 aromatic carbocycles. The normalized spacial score (nSPS) is 32.2. The molecule has 4 rings (SSSR count). The highest BCUT2D eigenvalue weighted by atomic mass is 32.1.